The molecular weight excluding hydrogens is 344 g/mol. The minimum absolute atomic E-state index is 0.138. The van der Waals surface area contributed by atoms with Crippen molar-refractivity contribution in [1.82, 2.24) is 0 Å². The summed E-state index contributed by atoms with van der Waals surface area (Å²) >= 11 is 14.0. The number of aliphatic imine (C=N–C) groups is 1. The third-order valence-corrected chi connectivity index (χ3v) is 2.75. The van der Waals surface area contributed by atoms with E-state index in [1.54, 1.807) is 0 Å². The van der Waals surface area contributed by atoms with Gasteiger partial charge in [0.2, 0.25) is 0 Å². The molecule has 0 radical (unpaired) electrons. The fraction of sp³-hybridized carbons (Fsp3) is 0.222. The van der Waals surface area contributed by atoms with Crippen LogP contribution in [0.15, 0.2) is 21.6 Å². The first kappa shape index (κ1) is 14.6. The lowest BCUT2D eigenvalue weighted by Crippen LogP contribution is -2.13. The Morgan fingerprint density at radius 1 is 1.41 bits per heavy atom. The lowest BCUT2D eigenvalue weighted by atomic mass is 10.1. The average Bonchev–Trinajstić information content (AvgIpc) is 2.19. The van der Waals surface area contributed by atoms with E-state index < -0.39 is 17.4 Å². The van der Waals surface area contributed by atoms with E-state index in [1.807, 2.05) is 0 Å². The summed E-state index contributed by atoms with van der Waals surface area (Å²) in [6.07, 6.45) is -4.57. The molecule has 1 aromatic carbocycles. The van der Waals surface area contributed by atoms with Crippen molar-refractivity contribution < 1.29 is 13.2 Å². The Balaban J connectivity index is 3.47. The molecular formula is C9H6BrCl2F3N2. The third-order valence-electron chi connectivity index (χ3n) is 1.73. The first-order valence-electron chi connectivity index (χ1n) is 4.21. The van der Waals surface area contributed by atoms with Gasteiger partial charge in [-0.05, 0) is 12.1 Å². The molecule has 0 atom stereocenters. The van der Waals surface area contributed by atoms with Gasteiger partial charge in [-0.25, -0.2) is 4.99 Å². The molecule has 0 heterocycles. The number of amidine groups is 1. The Hall–Kier alpha value is -0.460. The van der Waals surface area contributed by atoms with Gasteiger partial charge in [-0.1, -0.05) is 27.5 Å². The molecule has 0 saturated carbocycles. The van der Waals surface area contributed by atoms with Crippen LogP contribution in [0, 0.1) is 0 Å². The minimum Gasteiger partial charge on any atom is -0.386 e. The summed E-state index contributed by atoms with van der Waals surface area (Å²) < 4.78 is 38.4. The molecule has 0 fully saturated rings. The predicted octanol–water partition coefficient (Wildman–Crippen LogP) is 4.35. The Bertz CT molecular complexity index is 460. The molecule has 0 unspecified atom stereocenters. The van der Waals surface area contributed by atoms with Crippen LogP contribution in [0.4, 0.5) is 18.9 Å². The van der Waals surface area contributed by atoms with Crippen LogP contribution in [0.1, 0.15) is 5.56 Å². The molecule has 94 valence electrons. The number of halogens is 6. The molecule has 0 amide bonds. The molecule has 1 aromatic rings. The van der Waals surface area contributed by atoms with Crippen molar-refractivity contribution in [3.63, 3.8) is 0 Å². The molecule has 0 saturated heterocycles. The minimum atomic E-state index is -4.57. The molecule has 17 heavy (non-hydrogen) atoms. The van der Waals surface area contributed by atoms with E-state index in [4.69, 9.17) is 28.9 Å². The van der Waals surface area contributed by atoms with Gasteiger partial charge in [-0.15, -0.1) is 11.6 Å². The summed E-state index contributed by atoms with van der Waals surface area (Å²) in [5.41, 5.74) is 3.91. The molecule has 0 aliphatic rings. The van der Waals surface area contributed by atoms with Crippen molar-refractivity contribution in [1.29, 1.82) is 0 Å². The molecule has 0 aliphatic carbocycles. The van der Waals surface area contributed by atoms with Crippen molar-refractivity contribution >= 4 is 50.7 Å². The van der Waals surface area contributed by atoms with Gasteiger partial charge in [-0.3, -0.25) is 0 Å². The normalized spacial score (nSPS) is 12.9. The summed E-state index contributed by atoms with van der Waals surface area (Å²) in [4.78, 5) is 3.57. The lowest BCUT2D eigenvalue weighted by molar-refractivity contribution is -0.137. The molecule has 0 aliphatic heterocycles. The number of hydrogen-bond donors (Lipinski definition) is 1. The van der Waals surface area contributed by atoms with Crippen LogP contribution < -0.4 is 5.73 Å². The predicted molar refractivity (Wildman–Crippen MR) is 66.2 cm³/mol. The van der Waals surface area contributed by atoms with Crippen molar-refractivity contribution in [2.24, 2.45) is 10.7 Å². The van der Waals surface area contributed by atoms with E-state index in [2.05, 4.69) is 20.9 Å². The van der Waals surface area contributed by atoms with Gasteiger partial charge < -0.3 is 5.73 Å². The van der Waals surface area contributed by atoms with E-state index >= 15 is 0 Å². The number of nitrogens with two attached hydrogens (primary N) is 1. The van der Waals surface area contributed by atoms with E-state index in [0.717, 1.165) is 6.07 Å². The standard InChI is InChI=1S/C9H6BrCl2F3N2/c10-4-1-5(9(13,14)15)8(6(12)2-4)17-7(16)3-11/h1-2H,3H2,(H2,16,17). The Morgan fingerprint density at radius 3 is 2.47 bits per heavy atom. The number of hydrogen-bond acceptors (Lipinski definition) is 1. The Kier molecular flexibility index (Phi) is 4.69. The highest BCUT2D eigenvalue weighted by atomic mass is 79.9. The summed E-state index contributed by atoms with van der Waals surface area (Å²) in [5.74, 6) is -0.314. The molecule has 2 N–H and O–H groups in total. The molecule has 0 spiro atoms. The van der Waals surface area contributed by atoms with E-state index in [-0.39, 0.29) is 21.2 Å². The maximum Gasteiger partial charge on any atom is 0.418 e. The van der Waals surface area contributed by atoms with Crippen LogP contribution in [0.25, 0.3) is 0 Å². The summed E-state index contributed by atoms with van der Waals surface area (Å²) in [6, 6.07) is 2.18. The molecule has 0 aromatic heterocycles. The monoisotopic (exact) mass is 348 g/mol. The van der Waals surface area contributed by atoms with Crippen molar-refractivity contribution in [2.75, 3.05) is 5.88 Å². The second kappa shape index (κ2) is 5.46. The van der Waals surface area contributed by atoms with Crippen molar-refractivity contribution in [2.45, 2.75) is 6.18 Å². The van der Waals surface area contributed by atoms with Gasteiger partial charge in [0.1, 0.15) is 5.84 Å². The average molecular weight is 350 g/mol. The smallest absolute Gasteiger partial charge is 0.386 e. The quantitative estimate of drug-likeness (QED) is 0.481. The highest BCUT2D eigenvalue weighted by Gasteiger charge is 2.35. The molecule has 8 heteroatoms. The van der Waals surface area contributed by atoms with Gasteiger partial charge in [-0.2, -0.15) is 13.2 Å². The summed E-state index contributed by atoms with van der Waals surface area (Å²) in [7, 11) is 0. The van der Waals surface area contributed by atoms with Crippen LogP contribution in [0.3, 0.4) is 0 Å². The van der Waals surface area contributed by atoms with Crippen LogP contribution in [0.5, 0.6) is 0 Å². The topological polar surface area (TPSA) is 38.4 Å². The molecule has 2 nitrogen and oxygen atoms in total. The molecule has 1 rings (SSSR count). The van der Waals surface area contributed by atoms with E-state index in [9.17, 15) is 13.2 Å². The van der Waals surface area contributed by atoms with Crippen LogP contribution in [-0.4, -0.2) is 11.7 Å². The van der Waals surface area contributed by atoms with E-state index in [1.165, 1.54) is 6.07 Å². The number of alkyl halides is 4. The second-order valence-electron chi connectivity index (χ2n) is 3.02. The van der Waals surface area contributed by atoms with Gasteiger partial charge in [0.15, 0.2) is 0 Å². The zero-order valence-electron chi connectivity index (χ0n) is 8.15. The fourth-order valence-electron chi connectivity index (χ4n) is 1.07. The maximum absolute atomic E-state index is 12.7. The SMILES string of the molecule is NC(CCl)=Nc1c(Cl)cc(Br)cc1C(F)(F)F. The van der Waals surface area contributed by atoms with Gasteiger partial charge in [0.25, 0.3) is 0 Å². The summed E-state index contributed by atoms with van der Waals surface area (Å²) in [6.45, 7) is 0. The molecule has 0 bridgehead atoms. The first-order chi connectivity index (χ1) is 7.75. The number of nitrogens with zero attached hydrogens (tertiary/aromatic N) is 1. The highest BCUT2D eigenvalue weighted by Crippen LogP contribution is 2.42. The van der Waals surface area contributed by atoms with Crippen LogP contribution in [-0.2, 0) is 6.18 Å². The zero-order valence-corrected chi connectivity index (χ0v) is 11.3. The first-order valence-corrected chi connectivity index (χ1v) is 5.91. The zero-order chi connectivity index (χ0) is 13.2. The second-order valence-corrected chi connectivity index (χ2v) is 4.61. The number of benzene rings is 1. The lowest BCUT2D eigenvalue weighted by Gasteiger charge is -2.12. The van der Waals surface area contributed by atoms with Crippen LogP contribution in [0.2, 0.25) is 5.02 Å². The van der Waals surface area contributed by atoms with Gasteiger partial charge in [0.05, 0.1) is 22.2 Å². The Morgan fingerprint density at radius 2 is 2.00 bits per heavy atom. The van der Waals surface area contributed by atoms with Gasteiger partial charge in [0, 0.05) is 4.47 Å². The largest absolute Gasteiger partial charge is 0.418 e. The fourth-order valence-corrected chi connectivity index (χ4v) is 1.98. The highest BCUT2D eigenvalue weighted by molar-refractivity contribution is 9.10. The summed E-state index contributed by atoms with van der Waals surface area (Å²) in [5, 5.41) is -0.153. The maximum atomic E-state index is 12.7. The van der Waals surface area contributed by atoms with E-state index in [0.29, 0.717) is 0 Å². The number of rotatable bonds is 2. The third kappa shape index (κ3) is 3.76. The van der Waals surface area contributed by atoms with Crippen molar-refractivity contribution in [3.05, 3.63) is 27.2 Å². The Labute approximate surface area is 114 Å². The van der Waals surface area contributed by atoms with Crippen molar-refractivity contribution in [3.8, 4) is 0 Å². The van der Waals surface area contributed by atoms with Crippen LogP contribution >= 0.6 is 39.1 Å². The van der Waals surface area contributed by atoms with Gasteiger partial charge >= 0.3 is 6.18 Å².